The maximum absolute atomic E-state index is 13.3. The van der Waals surface area contributed by atoms with Crippen molar-refractivity contribution in [3.8, 4) is 0 Å². The molecule has 3 rings (SSSR count). The number of nitrogens with one attached hydrogen (secondary N) is 2. The minimum atomic E-state index is -0.817. The monoisotopic (exact) mass is 340 g/mol. The van der Waals surface area contributed by atoms with Gasteiger partial charge < -0.3 is 15.0 Å². The minimum Gasteiger partial charge on any atom is -0.467 e. The minimum absolute atomic E-state index is 0.252. The zero-order valence-corrected chi connectivity index (χ0v) is 13.6. The Labute approximate surface area is 143 Å². The molecule has 5 nitrogen and oxygen atoms in total. The number of fused-ring (bicyclic) bond motifs is 1. The number of hydrogen-bond acceptors (Lipinski definition) is 3. The van der Waals surface area contributed by atoms with E-state index in [0.717, 1.165) is 5.56 Å². The van der Waals surface area contributed by atoms with Gasteiger partial charge in [0, 0.05) is 17.3 Å². The van der Waals surface area contributed by atoms with Gasteiger partial charge in [0.15, 0.2) is 0 Å². The normalized spacial score (nSPS) is 11.9. The van der Waals surface area contributed by atoms with Crippen LogP contribution >= 0.6 is 0 Å². The molecule has 0 radical (unpaired) electrons. The first-order valence-corrected chi connectivity index (χ1v) is 7.77. The topological polar surface area (TPSA) is 71.2 Å². The molecular formula is C19H17FN2O3. The lowest BCUT2D eigenvalue weighted by Crippen LogP contribution is -2.43. The Bertz CT molecular complexity index is 905. The van der Waals surface area contributed by atoms with Gasteiger partial charge >= 0.3 is 5.97 Å². The van der Waals surface area contributed by atoms with Gasteiger partial charge in [-0.1, -0.05) is 30.3 Å². The highest BCUT2D eigenvalue weighted by atomic mass is 19.1. The van der Waals surface area contributed by atoms with Crippen molar-refractivity contribution in [1.29, 1.82) is 0 Å². The first-order chi connectivity index (χ1) is 12.1. The standard InChI is InChI=1S/C19H17FN2O3/c1-25-19(24)17(9-12-5-3-2-4-6-12)22-18(23)16-11-13-10-14(20)7-8-15(13)21-16/h2-8,10-11,17,21H,9H2,1H3,(H,22,23)/t17-/m1/s1. The summed E-state index contributed by atoms with van der Waals surface area (Å²) in [4.78, 5) is 27.4. The molecule has 25 heavy (non-hydrogen) atoms. The molecule has 0 spiro atoms. The number of methoxy groups -OCH3 is 1. The summed E-state index contributed by atoms with van der Waals surface area (Å²) >= 11 is 0. The van der Waals surface area contributed by atoms with Crippen molar-refractivity contribution in [1.82, 2.24) is 10.3 Å². The number of H-pyrrole nitrogens is 1. The van der Waals surface area contributed by atoms with E-state index in [1.165, 1.54) is 19.2 Å². The number of ether oxygens (including phenoxy) is 1. The molecule has 0 bridgehead atoms. The van der Waals surface area contributed by atoms with Gasteiger partial charge in [0.25, 0.3) is 5.91 Å². The van der Waals surface area contributed by atoms with E-state index in [1.54, 1.807) is 12.1 Å². The fourth-order valence-electron chi connectivity index (χ4n) is 2.65. The van der Waals surface area contributed by atoms with Crippen LogP contribution in [0.15, 0.2) is 54.6 Å². The van der Waals surface area contributed by atoms with Gasteiger partial charge in [-0.05, 0) is 29.8 Å². The van der Waals surface area contributed by atoms with Crippen molar-refractivity contribution < 1.29 is 18.7 Å². The molecule has 0 saturated carbocycles. The third-order valence-electron chi connectivity index (χ3n) is 3.90. The van der Waals surface area contributed by atoms with Crippen LogP contribution in [0.5, 0.6) is 0 Å². The summed E-state index contributed by atoms with van der Waals surface area (Å²) in [7, 11) is 1.28. The summed E-state index contributed by atoms with van der Waals surface area (Å²) in [5.74, 6) is -1.36. The van der Waals surface area contributed by atoms with Crippen LogP contribution in [-0.4, -0.2) is 30.0 Å². The Morgan fingerprint density at radius 1 is 1.16 bits per heavy atom. The largest absolute Gasteiger partial charge is 0.467 e. The molecule has 0 saturated heterocycles. The molecule has 6 heteroatoms. The van der Waals surface area contributed by atoms with Crippen LogP contribution in [0.25, 0.3) is 10.9 Å². The average molecular weight is 340 g/mol. The number of amides is 1. The van der Waals surface area contributed by atoms with E-state index < -0.39 is 17.9 Å². The first kappa shape index (κ1) is 16.7. The van der Waals surface area contributed by atoms with Gasteiger partial charge in [0.05, 0.1) is 7.11 Å². The summed E-state index contributed by atoms with van der Waals surface area (Å²) in [6.45, 7) is 0. The number of hydrogen-bond donors (Lipinski definition) is 2. The van der Waals surface area contributed by atoms with Gasteiger partial charge in [-0.2, -0.15) is 0 Å². The number of aromatic nitrogens is 1. The maximum Gasteiger partial charge on any atom is 0.328 e. The van der Waals surface area contributed by atoms with Crippen molar-refractivity contribution >= 4 is 22.8 Å². The Balaban J connectivity index is 1.79. The van der Waals surface area contributed by atoms with Crippen molar-refractivity contribution in [2.75, 3.05) is 7.11 Å². The predicted molar refractivity (Wildman–Crippen MR) is 91.7 cm³/mol. The highest BCUT2D eigenvalue weighted by Gasteiger charge is 2.23. The third kappa shape index (κ3) is 3.85. The van der Waals surface area contributed by atoms with E-state index in [1.807, 2.05) is 30.3 Å². The first-order valence-electron chi connectivity index (χ1n) is 7.77. The molecule has 0 aliphatic carbocycles. The smallest absolute Gasteiger partial charge is 0.328 e. The zero-order valence-electron chi connectivity index (χ0n) is 13.6. The van der Waals surface area contributed by atoms with Crippen LogP contribution < -0.4 is 5.32 Å². The van der Waals surface area contributed by atoms with Crippen LogP contribution in [-0.2, 0) is 16.0 Å². The summed E-state index contributed by atoms with van der Waals surface area (Å²) < 4.78 is 18.1. The van der Waals surface area contributed by atoms with Gasteiger partial charge in [0.1, 0.15) is 17.6 Å². The molecule has 0 aliphatic heterocycles. The Hall–Kier alpha value is -3.15. The zero-order chi connectivity index (χ0) is 17.8. The van der Waals surface area contributed by atoms with Crippen molar-refractivity contribution in [2.45, 2.75) is 12.5 Å². The van der Waals surface area contributed by atoms with E-state index in [4.69, 9.17) is 4.74 Å². The number of carbonyl (C=O) groups is 2. The second-order valence-corrected chi connectivity index (χ2v) is 5.65. The lowest BCUT2D eigenvalue weighted by atomic mass is 10.1. The molecule has 1 atom stereocenters. The highest BCUT2D eigenvalue weighted by molar-refractivity contribution is 5.99. The molecule has 0 unspecified atom stereocenters. The van der Waals surface area contributed by atoms with Gasteiger partial charge in [0.2, 0.25) is 0 Å². The molecular weight excluding hydrogens is 323 g/mol. The Morgan fingerprint density at radius 3 is 2.64 bits per heavy atom. The number of carbonyl (C=O) groups excluding carboxylic acids is 2. The Kier molecular flexibility index (Phi) is 4.79. The molecule has 1 aromatic heterocycles. The summed E-state index contributed by atoms with van der Waals surface area (Å²) in [6, 6.07) is 14.3. The van der Waals surface area contributed by atoms with Crippen LogP contribution in [0, 0.1) is 5.82 Å². The molecule has 2 N–H and O–H groups in total. The predicted octanol–water partition coefficient (Wildman–Crippen LogP) is 2.82. The number of halogens is 1. The average Bonchev–Trinajstić information content (AvgIpc) is 3.04. The van der Waals surface area contributed by atoms with E-state index in [0.29, 0.717) is 17.3 Å². The lowest BCUT2D eigenvalue weighted by Gasteiger charge is -2.16. The SMILES string of the molecule is COC(=O)[C@@H](Cc1ccccc1)NC(=O)c1cc2cc(F)ccc2[nH]1. The maximum atomic E-state index is 13.3. The molecule has 128 valence electrons. The van der Waals surface area contributed by atoms with Crippen molar-refractivity contribution in [3.63, 3.8) is 0 Å². The lowest BCUT2D eigenvalue weighted by molar-refractivity contribution is -0.142. The van der Waals surface area contributed by atoms with Crippen molar-refractivity contribution in [3.05, 3.63) is 71.7 Å². The fourth-order valence-corrected chi connectivity index (χ4v) is 2.65. The summed E-state index contributed by atoms with van der Waals surface area (Å²) in [6.07, 6.45) is 0.314. The quantitative estimate of drug-likeness (QED) is 0.702. The van der Waals surface area contributed by atoms with Gasteiger partial charge in [-0.25, -0.2) is 9.18 Å². The van der Waals surface area contributed by atoms with E-state index in [-0.39, 0.29) is 11.5 Å². The molecule has 0 fully saturated rings. The number of aromatic amines is 1. The molecule has 2 aromatic carbocycles. The van der Waals surface area contributed by atoms with Crippen LogP contribution in [0.4, 0.5) is 4.39 Å². The van der Waals surface area contributed by atoms with E-state index in [9.17, 15) is 14.0 Å². The van der Waals surface area contributed by atoms with Crippen LogP contribution in [0.3, 0.4) is 0 Å². The second kappa shape index (κ2) is 7.17. The summed E-state index contributed by atoms with van der Waals surface area (Å²) in [5.41, 5.74) is 1.80. The second-order valence-electron chi connectivity index (χ2n) is 5.65. The highest BCUT2D eigenvalue weighted by Crippen LogP contribution is 2.17. The van der Waals surface area contributed by atoms with Gasteiger partial charge in [-0.15, -0.1) is 0 Å². The van der Waals surface area contributed by atoms with E-state index >= 15 is 0 Å². The molecule has 0 aliphatic rings. The number of esters is 1. The molecule has 3 aromatic rings. The molecule has 1 heterocycles. The Morgan fingerprint density at radius 2 is 1.92 bits per heavy atom. The van der Waals surface area contributed by atoms with Crippen LogP contribution in [0.1, 0.15) is 16.1 Å². The number of benzene rings is 2. The molecule has 1 amide bonds. The summed E-state index contributed by atoms with van der Waals surface area (Å²) in [5, 5.41) is 3.26. The van der Waals surface area contributed by atoms with Gasteiger partial charge in [-0.3, -0.25) is 4.79 Å². The van der Waals surface area contributed by atoms with Crippen LogP contribution in [0.2, 0.25) is 0 Å². The fraction of sp³-hybridized carbons (Fsp3) is 0.158. The third-order valence-corrected chi connectivity index (χ3v) is 3.90. The number of rotatable bonds is 5. The van der Waals surface area contributed by atoms with Crippen molar-refractivity contribution in [2.24, 2.45) is 0 Å². The van der Waals surface area contributed by atoms with E-state index in [2.05, 4.69) is 10.3 Å².